The van der Waals surface area contributed by atoms with Crippen molar-refractivity contribution in [2.24, 2.45) is 4.99 Å². The number of guanidine groups is 1. The average Bonchev–Trinajstić information content (AvgIpc) is 3.39. The maximum absolute atomic E-state index is 4.67. The molecular formula is C24H30IN7. The molecule has 32 heavy (non-hydrogen) atoms. The van der Waals surface area contributed by atoms with E-state index in [0.717, 1.165) is 60.4 Å². The number of H-pyrrole nitrogens is 1. The molecule has 0 radical (unpaired) electrons. The van der Waals surface area contributed by atoms with Gasteiger partial charge in [0.15, 0.2) is 5.96 Å². The molecule has 168 valence electrons. The fourth-order valence-electron chi connectivity index (χ4n) is 3.63. The van der Waals surface area contributed by atoms with Crippen LogP contribution in [-0.2, 0) is 13.1 Å². The summed E-state index contributed by atoms with van der Waals surface area (Å²) in [5.74, 6) is 2.69. The highest BCUT2D eigenvalue weighted by atomic mass is 127. The van der Waals surface area contributed by atoms with E-state index in [1.807, 2.05) is 30.5 Å². The van der Waals surface area contributed by atoms with E-state index in [2.05, 4.69) is 79.3 Å². The van der Waals surface area contributed by atoms with Crippen LogP contribution >= 0.6 is 24.0 Å². The number of aromatic amines is 1. The lowest BCUT2D eigenvalue weighted by molar-refractivity contribution is 0.624. The van der Waals surface area contributed by atoms with Crippen molar-refractivity contribution in [3.8, 4) is 11.3 Å². The number of aromatic nitrogens is 4. The maximum Gasteiger partial charge on any atom is 0.191 e. The Hall–Kier alpha value is -2.88. The largest absolute Gasteiger partial charge is 0.357 e. The van der Waals surface area contributed by atoms with E-state index in [1.54, 1.807) is 0 Å². The van der Waals surface area contributed by atoms with Gasteiger partial charge in [-0.05, 0) is 38.0 Å². The van der Waals surface area contributed by atoms with Crippen LogP contribution in [0.1, 0.15) is 25.0 Å². The van der Waals surface area contributed by atoms with Crippen molar-refractivity contribution in [1.82, 2.24) is 30.2 Å². The molecule has 2 heterocycles. The first kappa shape index (κ1) is 23.8. The maximum atomic E-state index is 4.67. The molecule has 7 nitrogen and oxygen atoms in total. The fraction of sp³-hybridized carbons (Fsp3) is 0.292. The van der Waals surface area contributed by atoms with Crippen LogP contribution in [0.25, 0.3) is 22.3 Å². The van der Waals surface area contributed by atoms with Gasteiger partial charge >= 0.3 is 0 Å². The van der Waals surface area contributed by atoms with E-state index in [4.69, 9.17) is 0 Å². The van der Waals surface area contributed by atoms with Crippen molar-refractivity contribution in [2.45, 2.75) is 33.4 Å². The van der Waals surface area contributed by atoms with Crippen LogP contribution in [0.3, 0.4) is 0 Å². The molecule has 0 bridgehead atoms. The Bertz CT molecular complexity index is 1150. The molecule has 0 unspecified atom stereocenters. The second-order valence-corrected chi connectivity index (χ2v) is 7.38. The third-order valence-electron chi connectivity index (χ3n) is 5.14. The summed E-state index contributed by atoms with van der Waals surface area (Å²) in [6.45, 7) is 7.17. The summed E-state index contributed by atoms with van der Waals surface area (Å²) in [5, 5.41) is 6.73. The average molecular weight is 543 g/mol. The number of benzene rings is 2. The summed E-state index contributed by atoms with van der Waals surface area (Å²) in [4.78, 5) is 17.1. The summed E-state index contributed by atoms with van der Waals surface area (Å²) >= 11 is 0. The van der Waals surface area contributed by atoms with Crippen LogP contribution in [0.2, 0.25) is 0 Å². The number of nitrogens with one attached hydrogen (secondary N) is 3. The molecule has 2 aromatic heterocycles. The minimum atomic E-state index is 0. The SMILES string of the molecule is CCNC(=NCc1ncc(-c2ccccc2)[nH]1)NCCCn1c(C)nc2ccccc21.I. The molecule has 0 fully saturated rings. The second-order valence-electron chi connectivity index (χ2n) is 7.38. The Morgan fingerprint density at radius 1 is 1.06 bits per heavy atom. The zero-order valence-electron chi connectivity index (χ0n) is 18.5. The summed E-state index contributed by atoms with van der Waals surface area (Å²) in [5.41, 5.74) is 4.37. The molecule has 4 aromatic rings. The van der Waals surface area contributed by atoms with Gasteiger partial charge in [-0.25, -0.2) is 15.0 Å². The van der Waals surface area contributed by atoms with Crippen molar-refractivity contribution in [3.63, 3.8) is 0 Å². The highest BCUT2D eigenvalue weighted by molar-refractivity contribution is 14.0. The molecule has 0 amide bonds. The molecule has 2 aromatic carbocycles. The van der Waals surface area contributed by atoms with Gasteiger partial charge in [0.2, 0.25) is 0 Å². The molecule has 0 aliphatic heterocycles. The number of aryl methyl sites for hydroxylation is 2. The smallest absolute Gasteiger partial charge is 0.191 e. The van der Waals surface area contributed by atoms with E-state index >= 15 is 0 Å². The number of rotatable bonds is 8. The Labute approximate surface area is 205 Å². The third kappa shape index (κ3) is 5.87. The quantitative estimate of drug-likeness (QED) is 0.132. The van der Waals surface area contributed by atoms with Crippen molar-refractivity contribution < 1.29 is 0 Å². The number of fused-ring (bicyclic) bond motifs is 1. The van der Waals surface area contributed by atoms with Crippen LogP contribution in [0.4, 0.5) is 0 Å². The van der Waals surface area contributed by atoms with Gasteiger partial charge in [-0.3, -0.25) is 0 Å². The molecule has 0 spiro atoms. The number of imidazole rings is 2. The number of hydrogen-bond acceptors (Lipinski definition) is 3. The topological polar surface area (TPSA) is 82.9 Å². The standard InChI is InChI=1S/C24H29N7.HI/c1-3-25-24(28-17-23-27-16-21(30-23)19-10-5-4-6-11-19)26-14-9-15-31-18(2)29-20-12-7-8-13-22(20)31;/h4-8,10-13,16H,3,9,14-15,17H2,1-2H3,(H,27,30)(H2,25,26,28);1H. The molecule has 4 rings (SSSR count). The molecule has 0 aliphatic rings. The Morgan fingerprint density at radius 3 is 2.66 bits per heavy atom. The first-order valence-electron chi connectivity index (χ1n) is 10.8. The number of aliphatic imine (C=N–C) groups is 1. The minimum absolute atomic E-state index is 0. The first-order valence-corrected chi connectivity index (χ1v) is 10.8. The van der Waals surface area contributed by atoms with Gasteiger partial charge in [0.05, 0.1) is 22.9 Å². The van der Waals surface area contributed by atoms with Crippen LogP contribution in [0.15, 0.2) is 65.8 Å². The van der Waals surface area contributed by atoms with Gasteiger partial charge in [-0.15, -0.1) is 24.0 Å². The molecule has 8 heteroatoms. The van der Waals surface area contributed by atoms with Crippen molar-refractivity contribution in [2.75, 3.05) is 13.1 Å². The van der Waals surface area contributed by atoms with Gasteiger partial charge < -0.3 is 20.2 Å². The van der Waals surface area contributed by atoms with Crippen molar-refractivity contribution in [1.29, 1.82) is 0 Å². The van der Waals surface area contributed by atoms with Gasteiger partial charge in [0.1, 0.15) is 18.2 Å². The lowest BCUT2D eigenvalue weighted by atomic mass is 10.2. The number of nitrogens with zero attached hydrogens (tertiary/aromatic N) is 4. The molecule has 0 saturated carbocycles. The van der Waals surface area contributed by atoms with Gasteiger partial charge in [-0.1, -0.05) is 42.5 Å². The van der Waals surface area contributed by atoms with Crippen LogP contribution in [0.5, 0.6) is 0 Å². The van der Waals surface area contributed by atoms with Gasteiger partial charge in [0.25, 0.3) is 0 Å². The van der Waals surface area contributed by atoms with Crippen LogP contribution < -0.4 is 10.6 Å². The van der Waals surface area contributed by atoms with Crippen molar-refractivity contribution in [3.05, 3.63) is 72.4 Å². The predicted octanol–water partition coefficient (Wildman–Crippen LogP) is 4.50. The summed E-state index contributed by atoms with van der Waals surface area (Å²) < 4.78 is 2.27. The lowest BCUT2D eigenvalue weighted by Gasteiger charge is -2.12. The van der Waals surface area contributed by atoms with Crippen LogP contribution in [-0.4, -0.2) is 38.6 Å². The first-order chi connectivity index (χ1) is 15.2. The van der Waals surface area contributed by atoms with Gasteiger partial charge in [0, 0.05) is 19.6 Å². The highest BCUT2D eigenvalue weighted by Gasteiger charge is 2.07. The fourth-order valence-corrected chi connectivity index (χ4v) is 3.63. The molecule has 0 saturated heterocycles. The lowest BCUT2D eigenvalue weighted by Crippen LogP contribution is -2.38. The van der Waals surface area contributed by atoms with E-state index in [1.165, 1.54) is 5.52 Å². The summed E-state index contributed by atoms with van der Waals surface area (Å²) in [7, 11) is 0. The Kier molecular flexibility index (Phi) is 8.66. The second kappa shape index (κ2) is 11.7. The zero-order valence-corrected chi connectivity index (χ0v) is 20.8. The molecule has 0 aliphatic carbocycles. The summed E-state index contributed by atoms with van der Waals surface area (Å²) in [6, 6.07) is 18.5. The van der Waals surface area contributed by atoms with Crippen LogP contribution in [0, 0.1) is 6.92 Å². The third-order valence-corrected chi connectivity index (χ3v) is 5.14. The molecule has 3 N–H and O–H groups in total. The molecule has 0 atom stereocenters. The summed E-state index contributed by atoms with van der Waals surface area (Å²) in [6.07, 6.45) is 2.84. The van der Waals surface area contributed by atoms with E-state index in [9.17, 15) is 0 Å². The highest BCUT2D eigenvalue weighted by Crippen LogP contribution is 2.17. The zero-order chi connectivity index (χ0) is 21.5. The van der Waals surface area contributed by atoms with E-state index in [0.29, 0.717) is 6.54 Å². The monoisotopic (exact) mass is 543 g/mol. The number of hydrogen-bond donors (Lipinski definition) is 3. The predicted molar refractivity (Wildman–Crippen MR) is 141 cm³/mol. The number of para-hydroxylation sites is 2. The Morgan fingerprint density at radius 2 is 1.84 bits per heavy atom. The van der Waals surface area contributed by atoms with Gasteiger partial charge in [-0.2, -0.15) is 0 Å². The van der Waals surface area contributed by atoms with E-state index in [-0.39, 0.29) is 24.0 Å². The van der Waals surface area contributed by atoms with E-state index < -0.39 is 0 Å². The minimum Gasteiger partial charge on any atom is -0.357 e. The van der Waals surface area contributed by atoms with Crippen molar-refractivity contribution >= 4 is 41.0 Å². The molecular weight excluding hydrogens is 513 g/mol. The number of halogens is 1. The normalized spacial score (nSPS) is 11.4. The Balaban J connectivity index is 0.00000289.